The smallest absolute Gasteiger partial charge is 0.115 e. The van der Waals surface area contributed by atoms with Gasteiger partial charge in [-0.25, -0.2) is 0 Å². The second kappa shape index (κ2) is 6.48. The number of phenolic OH excluding ortho intramolecular Hbond substituents is 1. The fourth-order valence-corrected chi connectivity index (χ4v) is 2.51. The van der Waals surface area contributed by atoms with Crippen LogP contribution < -0.4 is 0 Å². The van der Waals surface area contributed by atoms with Crippen LogP contribution in [-0.2, 0) is 0 Å². The fourth-order valence-electron chi connectivity index (χ4n) is 2.51. The Bertz CT molecular complexity index is 350. The molecule has 0 saturated carbocycles. The molecule has 0 amide bonds. The summed E-state index contributed by atoms with van der Waals surface area (Å²) in [4.78, 5) is 0. The second-order valence-electron chi connectivity index (χ2n) is 4.97. The summed E-state index contributed by atoms with van der Waals surface area (Å²) in [6, 6.07) is 7.69. The molecule has 0 radical (unpaired) electrons. The third-order valence-corrected chi connectivity index (χ3v) is 3.58. The Labute approximate surface area is 104 Å². The maximum Gasteiger partial charge on any atom is 0.115 e. The van der Waals surface area contributed by atoms with Crippen molar-refractivity contribution in [2.45, 2.75) is 50.9 Å². The molecule has 1 aliphatic carbocycles. The third-order valence-electron chi connectivity index (χ3n) is 3.58. The number of rotatable bonds is 1. The van der Waals surface area contributed by atoms with Crippen LogP contribution in [-0.4, -0.2) is 5.11 Å². The van der Waals surface area contributed by atoms with Gasteiger partial charge in [0.1, 0.15) is 5.75 Å². The third kappa shape index (κ3) is 3.92. The van der Waals surface area contributed by atoms with Gasteiger partial charge in [0.2, 0.25) is 0 Å². The Morgan fingerprint density at radius 3 is 2.41 bits per heavy atom. The molecule has 2 rings (SSSR count). The Morgan fingerprint density at radius 2 is 1.59 bits per heavy atom. The molecule has 1 aliphatic rings. The molecule has 0 aliphatic heterocycles. The first-order valence-electron chi connectivity index (χ1n) is 6.82. The lowest BCUT2D eigenvalue weighted by atomic mass is 9.91. The Morgan fingerprint density at radius 1 is 0.882 bits per heavy atom. The van der Waals surface area contributed by atoms with Gasteiger partial charge in [0.15, 0.2) is 0 Å². The number of hydrogen-bond donors (Lipinski definition) is 1. The van der Waals surface area contributed by atoms with E-state index in [-0.39, 0.29) is 0 Å². The highest BCUT2D eigenvalue weighted by Crippen LogP contribution is 2.27. The van der Waals surface area contributed by atoms with Gasteiger partial charge in [0.05, 0.1) is 0 Å². The summed E-state index contributed by atoms with van der Waals surface area (Å²) in [6.45, 7) is 0. The van der Waals surface area contributed by atoms with Crippen molar-refractivity contribution in [3.05, 3.63) is 42.0 Å². The van der Waals surface area contributed by atoms with Crippen LogP contribution in [0.4, 0.5) is 0 Å². The van der Waals surface area contributed by atoms with Crippen molar-refractivity contribution in [3.63, 3.8) is 0 Å². The highest BCUT2D eigenvalue weighted by Gasteiger charge is 2.08. The summed E-state index contributed by atoms with van der Waals surface area (Å²) < 4.78 is 0. The summed E-state index contributed by atoms with van der Waals surface area (Å²) in [5, 5.41) is 9.32. The lowest BCUT2D eigenvalue weighted by Crippen LogP contribution is -1.96. The lowest BCUT2D eigenvalue weighted by Gasteiger charge is -2.14. The number of aromatic hydroxyl groups is 1. The van der Waals surface area contributed by atoms with Gasteiger partial charge in [-0.05, 0) is 37.0 Å². The van der Waals surface area contributed by atoms with Crippen LogP contribution >= 0.6 is 0 Å². The van der Waals surface area contributed by atoms with Crippen LogP contribution in [0.1, 0.15) is 56.4 Å². The second-order valence-corrected chi connectivity index (χ2v) is 4.97. The Hall–Kier alpha value is -1.24. The zero-order chi connectivity index (χ0) is 11.9. The molecule has 17 heavy (non-hydrogen) atoms. The van der Waals surface area contributed by atoms with E-state index in [0.29, 0.717) is 11.7 Å². The molecule has 0 spiro atoms. The molecule has 1 aromatic rings. The predicted octanol–water partition coefficient (Wildman–Crippen LogP) is 4.78. The van der Waals surface area contributed by atoms with Gasteiger partial charge in [-0.1, -0.05) is 50.0 Å². The first-order valence-corrected chi connectivity index (χ1v) is 6.82. The van der Waals surface area contributed by atoms with E-state index in [1.807, 2.05) is 0 Å². The van der Waals surface area contributed by atoms with Crippen molar-refractivity contribution in [1.82, 2.24) is 0 Å². The van der Waals surface area contributed by atoms with E-state index in [1.165, 1.54) is 50.5 Å². The van der Waals surface area contributed by atoms with E-state index in [0.717, 1.165) is 0 Å². The monoisotopic (exact) mass is 230 g/mol. The van der Waals surface area contributed by atoms with E-state index in [9.17, 15) is 5.11 Å². The number of allylic oxidation sites excluding steroid dienone is 2. The molecule has 1 heteroatoms. The zero-order valence-corrected chi connectivity index (χ0v) is 10.4. The molecule has 92 valence electrons. The molecule has 0 fully saturated rings. The average Bonchev–Trinajstić information content (AvgIpc) is 2.37. The summed E-state index contributed by atoms with van der Waals surface area (Å²) in [6.07, 6.45) is 13.9. The van der Waals surface area contributed by atoms with Gasteiger partial charge in [0.25, 0.3) is 0 Å². The van der Waals surface area contributed by atoms with Gasteiger partial charge in [-0.15, -0.1) is 0 Å². The minimum Gasteiger partial charge on any atom is -0.508 e. The molecule has 0 heterocycles. The molecule has 0 bridgehead atoms. The highest BCUT2D eigenvalue weighted by molar-refractivity contribution is 5.30. The molecule has 1 nitrogen and oxygen atoms in total. The minimum absolute atomic E-state index is 0.359. The molecule has 1 aromatic carbocycles. The molecular formula is C16H22O. The molecule has 0 saturated heterocycles. The van der Waals surface area contributed by atoms with E-state index in [4.69, 9.17) is 0 Å². The lowest BCUT2D eigenvalue weighted by molar-refractivity contribution is 0.475. The summed E-state index contributed by atoms with van der Waals surface area (Å²) in [7, 11) is 0. The molecule has 1 atom stereocenters. The van der Waals surface area contributed by atoms with Crippen LogP contribution in [0, 0.1) is 0 Å². The topological polar surface area (TPSA) is 20.2 Å². The van der Waals surface area contributed by atoms with Gasteiger partial charge < -0.3 is 5.11 Å². The largest absolute Gasteiger partial charge is 0.508 e. The first kappa shape index (κ1) is 12.2. The van der Waals surface area contributed by atoms with Crippen molar-refractivity contribution in [1.29, 1.82) is 0 Å². The van der Waals surface area contributed by atoms with E-state index in [2.05, 4.69) is 24.3 Å². The SMILES string of the molecule is Oc1ccc(C2C=CCCCCCCC2)cc1. The van der Waals surface area contributed by atoms with Crippen LogP contribution in [0.15, 0.2) is 36.4 Å². The molecular weight excluding hydrogens is 208 g/mol. The van der Waals surface area contributed by atoms with Crippen molar-refractivity contribution < 1.29 is 5.11 Å². The Balaban J connectivity index is 2.07. The van der Waals surface area contributed by atoms with Gasteiger partial charge >= 0.3 is 0 Å². The maximum atomic E-state index is 9.32. The van der Waals surface area contributed by atoms with Crippen molar-refractivity contribution >= 4 is 0 Å². The minimum atomic E-state index is 0.359. The van der Waals surface area contributed by atoms with Crippen molar-refractivity contribution in [2.24, 2.45) is 0 Å². The Kier molecular flexibility index (Phi) is 4.66. The van der Waals surface area contributed by atoms with Crippen molar-refractivity contribution in [3.8, 4) is 5.75 Å². The summed E-state index contributed by atoms with van der Waals surface area (Å²) >= 11 is 0. The van der Waals surface area contributed by atoms with Crippen LogP contribution in [0.3, 0.4) is 0 Å². The number of hydrogen-bond acceptors (Lipinski definition) is 1. The molecule has 1 N–H and O–H groups in total. The number of phenols is 1. The highest BCUT2D eigenvalue weighted by atomic mass is 16.3. The predicted molar refractivity (Wildman–Crippen MR) is 72.3 cm³/mol. The van der Waals surface area contributed by atoms with Gasteiger partial charge in [-0.2, -0.15) is 0 Å². The quantitative estimate of drug-likeness (QED) is 0.688. The maximum absolute atomic E-state index is 9.32. The van der Waals surface area contributed by atoms with Crippen LogP contribution in [0.25, 0.3) is 0 Å². The zero-order valence-electron chi connectivity index (χ0n) is 10.4. The first-order chi connectivity index (χ1) is 8.36. The van der Waals surface area contributed by atoms with Crippen LogP contribution in [0.2, 0.25) is 0 Å². The van der Waals surface area contributed by atoms with E-state index in [1.54, 1.807) is 12.1 Å². The fraction of sp³-hybridized carbons (Fsp3) is 0.500. The summed E-state index contributed by atoms with van der Waals surface area (Å²) in [5.41, 5.74) is 1.33. The summed E-state index contributed by atoms with van der Waals surface area (Å²) in [5.74, 6) is 0.895. The average molecular weight is 230 g/mol. The van der Waals surface area contributed by atoms with Gasteiger partial charge in [-0.3, -0.25) is 0 Å². The standard InChI is InChI=1S/C16H22O/c17-16-12-10-15(11-13-16)14-8-6-4-2-1-3-5-7-9-14/h6,8,10-14,17H,1-5,7,9H2. The normalized spacial score (nSPS) is 22.2. The molecule has 0 aromatic heterocycles. The van der Waals surface area contributed by atoms with E-state index < -0.39 is 0 Å². The van der Waals surface area contributed by atoms with E-state index >= 15 is 0 Å². The van der Waals surface area contributed by atoms with Crippen molar-refractivity contribution in [2.75, 3.05) is 0 Å². The van der Waals surface area contributed by atoms with Gasteiger partial charge in [0, 0.05) is 5.92 Å². The number of benzene rings is 1. The van der Waals surface area contributed by atoms with Crippen LogP contribution in [0.5, 0.6) is 5.75 Å². The molecule has 1 unspecified atom stereocenters.